The van der Waals surface area contributed by atoms with E-state index in [9.17, 15) is 14.7 Å². The summed E-state index contributed by atoms with van der Waals surface area (Å²) < 4.78 is 0. The van der Waals surface area contributed by atoms with Crippen LogP contribution in [0.4, 0.5) is 0 Å². The second-order valence-electron chi connectivity index (χ2n) is 7.88. The van der Waals surface area contributed by atoms with E-state index in [1.807, 2.05) is 51.1 Å². The fraction of sp³-hybridized carbons (Fsp3) is 0.579. The summed E-state index contributed by atoms with van der Waals surface area (Å²) in [6.07, 6.45) is -0.664. The van der Waals surface area contributed by atoms with Crippen molar-refractivity contribution in [1.29, 1.82) is 0 Å². The third-order valence-electron chi connectivity index (χ3n) is 4.31. The van der Waals surface area contributed by atoms with Crippen molar-refractivity contribution in [3.63, 3.8) is 0 Å². The topological polar surface area (TPSA) is 95.7 Å². The molecule has 0 aliphatic carbocycles. The zero-order valence-electron chi connectivity index (χ0n) is 15.5. The third kappa shape index (κ3) is 5.43. The highest BCUT2D eigenvalue weighted by molar-refractivity contribution is 6.21. The minimum atomic E-state index is -1.39. The molecule has 2 rings (SSSR count). The van der Waals surface area contributed by atoms with E-state index in [1.54, 1.807) is 0 Å². The molecule has 1 saturated heterocycles. The number of benzene rings is 1. The SMILES string of the molecule is CC(C)(C)NC(=O)[C@@H]1CC(Cl)CN1C(=O)[C@@H](O)[C@@H](N)Cc1ccccc1. The molecular formula is C19H28ClN3O3. The van der Waals surface area contributed by atoms with Gasteiger partial charge in [0, 0.05) is 18.1 Å². The molecule has 0 saturated carbocycles. The molecule has 0 radical (unpaired) electrons. The van der Waals surface area contributed by atoms with E-state index < -0.39 is 29.6 Å². The largest absolute Gasteiger partial charge is 0.382 e. The number of halogens is 1. The van der Waals surface area contributed by atoms with Crippen molar-refractivity contribution in [3.8, 4) is 0 Å². The predicted molar refractivity (Wildman–Crippen MR) is 102 cm³/mol. The zero-order valence-corrected chi connectivity index (χ0v) is 16.2. The van der Waals surface area contributed by atoms with Gasteiger partial charge in [0.25, 0.3) is 5.91 Å². The third-order valence-corrected chi connectivity index (χ3v) is 4.62. The lowest BCUT2D eigenvalue weighted by Crippen LogP contribution is -2.55. The molecule has 0 bridgehead atoms. The number of likely N-dealkylation sites (tertiary alicyclic amines) is 1. The molecule has 1 aliphatic heterocycles. The molecule has 1 heterocycles. The van der Waals surface area contributed by atoms with E-state index in [4.69, 9.17) is 17.3 Å². The van der Waals surface area contributed by atoms with Crippen LogP contribution in [-0.4, -0.2) is 57.5 Å². The number of nitrogens with two attached hydrogens (primary N) is 1. The number of aliphatic hydroxyl groups excluding tert-OH is 1. The van der Waals surface area contributed by atoms with E-state index >= 15 is 0 Å². The second kappa shape index (κ2) is 8.37. The Bertz CT molecular complexity index is 633. The summed E-state index contributed by atoms with van der Waals surface area (Å²) >= 11 is 6.19. The number of alkyl halides is 1. The average Bonchev–Trinajstić information content (AvgIpc) is 2.95. The van der Waals surface area contributed by atoms with Crippen LogP contribution in [0.15, 0.2) is 30.3 Å². The first-order valence-electron chi connectivity index (χ1n) is 8.82. The van der Waals surface area contributed by atoms with Gasteiger partial charge in [-0.25, -0.2) is 0 Å². The molecule has 0 aromatic heterocycles. The molecule has 1 aromatic rings. The van der Waals surface area contributed by atoms with Crippen molar-refractivity contribution in [3.05, 3.63) is 35.9 Å². The second-order valence-corrected chi connectivity index (χ2v) is 8.49. The van der Waals surface area contributed by atoms with Gasteiger partial charge in [0.15, 0.2) is 0 Å². The molecule has 6 nitrogen and oxygen atoms in total. The highest BCUT2D eigenvalue weighted by Gasteiger charge is 2.42. The van der Waals surface area contributed by atoms with Gasteiger partial charge in [-0.3, -0.25) is 9.59 Å². The first-order valence-corrected chi connectivity index (χ1v) is 9.26. The summed E-state index contributed by atoms with van der Waals surface area (Å²) in [5, 5.41) is 13.0. The summed E-state index contributed by atoms with van der Waals surface area (Å²) in [5.41, 5.74) is 6.56. The number of hydrogen-bond acceptors (Lipinski definition) is 4. The van der Waals surface area contributed by atoms with E-state index in [-0.39, 0.29) is 17.8 Å². The van der Waals surface area contributed by atoms with Crippen molar-refractivity contribution < 1.29 is 14.7 Å². The van der Waals surface area contributed by atoms with Crippen LogP contribution in [0.2, 0.25) is 0 Å². The molecule has 2 amide bonds. The van der Waals surface area contributed by atoms with E-state index in [0.717, 1.165) is 5.56 Å². The summed E-state index contributed by atoms with van der Waals surface area (Å²) in [4.78, 5) is 26.6. The van der Waals surface area contributed by atoms with Gasteiger partial charge < -0.3 is 21.1 Å². The minimum Gasteiger partial charge on any atom is -0.382 e. The Kier molecular flexibility index (Phi) is 6.66. The van der Waals surface area contributed by atoms with Crippen molar-refractivity contribution >= 4 is 23.4 Å². The lowest BCUT2D eigenvalue weighted by atomic mass is 10.0. The Morgan fingerprint density at radius 3 is 2.54 bits per heavy atom. The molecule has 7 heteroatoms. The van der Waals surface area contributed by atoms with Crippen LogP contribution in [0.5, 0.6) is 0 Å². The van der Waals surface area contributed by atoms with E-state index in [1.165, 1.54) is 4.90 Å². The van der Waals surface area contributed by atoms with Crippen molar-refractivity contribution in [2.75, 3.05) is 6.54 Å². The van der Waals surface area contributed by atoms with Crippen LogP contribution >= 0.6 is 11.6 Å². The predicted octanol–water partition coefficient (Wildman–Crippen LogP) is 1.04. The number of nitrogens with one attached hydrogen (secondary N) is 1. The number of aliphatic hydroxyl groups is 1. The quantitative estimate of drug-likeness (QED) is 0.664. The molecule has 4 atom stereocenters. The van der Waals surface area contributed by atoms with Crippen LogP contribution in [0.3, 0.4) is 0 Å². The Hall–Kier alpha value is -1.63. The maximum Gasteiger partial charge on any atom is 0.253 e. The van der Waals surface area contributed by atoms with Crippen LogP contribution in [0.25, 0.3) is 0 Å². The van der Waals surface area contributed by atoms with Gasteiger partial charge in [-0.05, 0) is 39.2 Å². The van der Waals surface area contributed by atoms with Gasteiger partial charge >= 0.3 is 0 Å². The molecule has 1 aromatic carbocycles. The fourth-order valence-corrected chi connectivity index (χ4v) is 3.40. The van der Waals surface area contributed by atoms with Crippen LogP contribution in [0.1, 0.15) is 32.8 Å². The number of hydrogen-bond donors (Lipinski definition) is 3. The Morgan fingerprint density at radius 2 is 1.96 bits per heavy atom. The molecule has 1 unspecified atom stereocenters. The number of nitrogens with zero attached hydrogens (tertiary/aromatic N) is 1. The summed E-state index contributed by atoms with van der Waals surface area (Å²) in [5.74, 6) is -0.816. The summed E-state index contributed by atoms with van der Waals surface area (Å²) in [6, 6.07) is 7.97. The number of carbonyl (C=O) groups is 2. The standard InChI is InChI=1S/C19H28ClN3O3/c1-19(2,3)22-17(25)15-10-13(20)11-23(15)18(26)16(24)14(21)9-12-7-5-4-6-8-12/h4-8,13-16,24H,9-11,21H2,1-3H3,(H,22,25)/t13?,14-,15-,16-/m0/s1. The first kappa shape index (κ1) is 20.7. The monoisotopic (exact) mass is 381 g/mol. The zero-order chi connectivity index (χ0) is 19.5. The lowest BCUT2D eigenvalue weighted by molar-refractivity contribution is -0.146. The highest BCUT2D eigenvalue weighted by Crippen LogP contribution is 2.24. The van der Waals surface area contributed by atoms with Gasteiger partial charge in [-0.2, -0.15) is 0 Å². The fourth-order valence-electron chi connectivity index (χ4n) is 3.08. The molecule has 26 heavy (non-hydrogen) atoms. The van der Waals surface area contributed by atoms with Crippen LogP contribution in [0, 0.1) is 0 Å². The Morgan fingerprint density at radius 1 is 1.35 bits per heavy atom. The lowest BCUT2D eigenvalue weighted by Gasteiger charge is -2.30. The van der Waals surface area contributed by atoms with Gasteiger partial charge in [0.05, 0.1) is 5.38 Å². The summed E-state index contributed by atoms with van der Waals surface area (Å²) in [7, 11) is 0. The Labute approximate surface area is 159 Å². The number of rotatable bonds is 5. The highest BCUT2D eigenvalue weighted by atomic mass is 35.5. The van der Waals surface area contributed by atoms with Crippen LogP contribution in [-0.2, 0) is 16.0 Å². The van der Waals surface area contributed by atoms with Crippen molar-refractivity contribution in [2.24, 2.45) is 5.73 Å². The average molecular weight is 382 g/mol. The van der Waals surface area contributed by atoms with Gasteiger partial charge in [-0.15, -0.1) is 11.6 Å². The molecule has 4 N–H and O–H groups in total. The molecular weight excluding hydrogens is 354 g/mol. The van der Waals surface area contributed by atoms with E-state index in [0.29, 0.717) is 12.8 Å². The molecule has 0 spiro atoms. The number of carbonyl (C=O) groups excluding carboxylic acids is 2. The molecule has 144 valence electrons. The van der Waals surface area contributed by atoms with Crippen LogP contribution < -0.4 is 11.1 Å². The first-order chi connectivity index (χ1) is 12.1. The maximum absolute atomic E-state index is 12.8. The van der Waals surface area contributed by atoms with Crippen molar-refractivity contribution in [2.45, 2.75) is 62.7 Å². The maximum atomic E-state index is 12.8. The molecule has 1 fully saturated rings. The minimum absolute atomic E-state index is 0.220. The number of amides is 2. The van der Waals surface area contributed by atoms with Gasteiger partial charge in [-0.1, -0.05) is 30.3 Å². The Balaban J connectivity index is 2.06. The van der Waals surface area contributed by atoms with E-state index in [2.05, 4.69) is 5.32 Å². The smallest absolute Gasteiger partial charge is 0.253 e. The molecule has 1 aliphatic rings. The van der Waals surface area contributed by atoms with Crippen molar-refractivity contribution in [1.82, 2.24) is 10.2 Å². The normalized spacial score (nSPS) is 22.8. The summed E-state index contributed by atoms with van der Waals surface area (Å²) in [6.45, 7) is 5.83. The van der Waals surface area contributed by atoms with Gasteiger partial charge in [0.1, 0.15) is 12.1 Å². The van der Waals surface area contributed by atoms with Gasteiger partial charge in [0.2, 0.25) is 5.91 Å².